The molecule has 7 nitrogen and oxygen atoms in total. The van der Waals surface area contributed by atoms with Gasteiger partial charge in [0, 0.05) is 23.7 Å². The van der Waals surface area contributed by atoms with Gasteiger partial charge in [-0.15, -0.1) is 0 Å². The number of nitrogens with zero attached hydrogens (tertiary/aromatic N) is 2. The Morgan fingerprint density at radius 3 is 2.64 bits per heavy atom. The van der Waals surface area contributed by atoms with E-state index < -0.39 is 18.6 Å². The molecule has 0 bridgehead atoms. The van der Waals surface area contributed by atoms with E-state index in [0.29, 0.717) is 11.1 Å². The van der Waals surface area contributed by atoms with Crippen LogP contribution in [0.3, 0.4) is 0 Å². The minimum absolute atomic E-state index is 0.0217. The van der Waals surface area contributed by atoms with Gasteiger partial charge in [0.15, 0.2) is 5.82 Å². The number of aromatic amines is 1. The van der Waals surface area contributed by atoms with E-state index >= 15 is 0 Å². The molecule has 3 aromatic rings. The van der Waals surface area contributed by atoms with Gasteiger partial charge < -0.3 is 15.0 Å². The Bertz CT molecular complexity index is 1050. The van der Waals surface area contributed by atoms with Crippen molar-refractivity contribution in [3.63, 3.8) is 0 Å². The van der Waals surface area contributed by atoms with E-state index in [1.807, 2.05) is 0 Å². The Balaban J connectivity index is 2.00. The van der Waals surface area contributed by atoms with Gasteiger partial charge in [0.2, 0.25) is 5.56 Å². The van der Waals surface area contributed by atoms with Gasteiger partial charge in [-0.3, -0.25) is 14.3 Å². The van der Waals surface area contributed by atoms with Crippen molar-refractivity contribution in [1.29, 1.82) is 0 Å². The molecule has 0 radical (unpaired) electrons. The SMILES string of the molecule is CC(C)Oc1ccc2c(NC(=O)c3ccc(=O)[nH]c3)nn(CC(F)(F)F)c2c1. The summed E-state index contributed by atoms with van der Waals surface area (Å²) in [6.07, 6.45) is -3.44. The van der Waals surface area contributed by atoms with Crippen molar-refractivity contribution < 1.29 is 22.7 Å². The zero-order valence-electron chi connectivity index (χ0n) is 15.0. The summed E-state index contributed by atoms with van der Waals surface area (Å²) < 4.78 is 45.1. The number of carbonyl (C=O) groups excluding carboxylic acids is 1. The van der Waals surface area contributed by atoms with Gasteiger partial charge in [0.25, 0.3) is 5.91 Å². The van der Waals surface area contributed by atoms with E-state index in [1.165, 1.54) is 30.5 Å². The molecule has 0 aliphatic heterocycles. The van der Waals surface area contributed by atoms with E-state index in [2.05, 4.69) is 15.4 Å². The van der Waals surface area contributed by atoms with E-state index in [9.17, 15) is 22.8 Å². The second-order valence-corrected chi connectivity index (χ2v) is 6.36. The van der Waals surface area contributed by atoms with Gasteiger partial charge >= 0.3 is 6.18 Å². The first-order valence-electron chi connectivity index (χ1n) is 8.36. The molecule has 0 unspecified atom stereocenters. The summed E-state index contributed by atoms with van der Waals surface area (Å²) >= 11 is 0. The highest BCUT2D eigenvalue weighted by Crippen LogP contribution is 2.30. The molecule has 1 aromatic carbocycles. The minimum Gasteiger partial charge on any atom is -0.491 e. The van der Waals surface area contributed by atoms with Gasteiger partial charge in [0.05, 0.1) is 17.2 Å². The smallest absolute Gasteiger partial charge is 0.408 e. The highest BCUT2D eigenvalue weighted by Gasteiger charge is 2.30. The third-order valence-corrected chi connectivity index (χ3v) is 3.70. The number of hydrogen-bond acceptors (Lipinski definition) is 4. The predicted molar refractivity (Wildman–Crippen MR) is 96.6 cm³/mol. The quantitative estimate of drug-likeness (QED) is 0.695. The zero-order chi connectivity index (χ0) is 20.5. The first kappa shape index (κ1) is 19.5. The summed E-state index contributed by atoms with van der Waals surface area (Å²) in [5.41, 5.74) is -0.0701. The van der Waals surface area contributed by atoms with Crippen LogP contribution in [0.2, 0.25) is 0 Å². The van der Waals surface area contributed by atoms with Crippen LogP contribution in [0.1, 0.15) is 24.2 Å². The summed E-state index contributed by atoms with van der Waals surface area (Å²) in [6.45, 7) is 2.28. The normalized spacial score (nSPS) is 11.8. The van der Waals surface area contributed by atoms with Gasteiger partial charge in [0.1, 0.15) is 12.3 Å². The molecule has 0 aliphatic rings. The molecule has 148 valence electrons. The molecular weight excluding hydrogens is 377 g/mol. The van der Waals surface area contributed by atoms with Crippen LogP contribution in [0.15, 0.2) is 41.3 Å². The van der Waals surface area contributed by atoms with E-state index in [0.717, 1.165) is 4.68 Å². The molecule has 28 heavy (non-hydrogen) atoms. The number of pyridine rings is 1. The van der Waals surface area contributed by atoms with Crippen LogP contribution in [-0.2, 0) is 6.54 Å². The van der Waals surface area contributed by atoms with Crippen LogP contribution in [0.5, 0.6) is 5.75 Å². The van der Waals surface area contributed by atoms with Crippen LogP contribution >= 0.6 is 0 Å². The largest absolute Gasteiger partial charge is 0.491 e. The molecule has 0 spiro atoms. The summed E-state index contributed by atoms with van der Waals surface area (Å²) in [4.78, 5) is 25.8. The summed E-state index contributed by atoms with van der Waals surface area (Å²) in [5, 5.41) is 6.73. The molecular formula is C18H17F3N4O3. The summed E-state index contributed by atoms with van der Waals surface area (Å²) in [7, 11) is 0. The van der Waals surface area contributed by atoms with E-state index in [1.54, 1.807) is 19.9 Å². The molecule has 0 aliphatic carbocycles. The number of nitrogens with one attached hydrogen (secondary N) is 2. The average Bonchev–Trinajstić information content (AvgIpc) is 2.90. The number of rotatable bonds is 5. The van der Waals surface area contributed by atoms with Gasteiger partial charge in [-0.05, 0) is 32.0 Å². The molecule has 0 atom stereocenters. The van der Waals surface area contributed by atoms with Crippen molar-refractivity contribution in [3.05, 3.63) is 52.4 Å². The number of fused-ring (bicyclic) bond motifs is 1. The van der Waals surface area contributed by atoms with Crippen molar-refractivity contribution in [3.8, 4) is 5.75 Å². The molecule has 2 aromatic heterocycles. The molecule has 2 heterocycles. The fraction of sp³-hybridized carbons (Fsp3) is 0.278. The first-order chi connectivity index (χ1) is 13.1. The van der Waals surface area contributed by atoms with Crippen molar-refractivity contribution in [2.45, 2.75) is 32.7 Å². The summed E-state index contributed by atoms with van der Waals surface area (Å²) in [5.74, 6) is -0.242. The lowest BCUT2D eigenvalue weighted by atomic mass is 10.2. The number of benzene rings is 1. The van der Waals surface area contributed by atoms with Gasteiger partial charge in [-0.1, -0.05) is 0 Å². The highest BCUT2D eigenvalue weighted by molar-refractivity contribution is 6.07. The Morgan fingerprint density at radius 1 is 1.29 bits per heavy atom. The number of ether oxygens (including phenoxy) is 1. The maximum absolute atomic E-state index is 12.9. The monoisotopic (exact) mass is 394 g/mol. The van der Waals surface area contributed by atoms with Crippen molar-refractivity contribution in [1.82, 2.24) is 14.8 Å². The lowest BCUT2D eigenvalue weighted by Crippen LogP contribution is -2.19. The predicted octanol–water partition coefficient (Wildman–Crippen LogP) is 3.33. The van der Waals surface area contributed by atoms with Crippen LogP contribution in [-0.4, -0.2) is 33.0 Å². The minimum atomic E-state index is -4.49. The fourth-order valence-corrected chi connectivity index (χ4v) is 2.61. The molecule has 0 fully saturated rings. The van der Waals surface area contributed by atoms with Crippen molar-refractivity contribution in [2.75, 3.05) is 5.32 Å². The summed E-state index contributed by atoms with van der Waals surface area (Å²) in [6, 6.07) is 7.05. The van der Waals surface area contributed by atoms with Crippen LogP contribution in [0.4, 0.5) is 19.0 Å². The number of carbonyl (C=O) groups is 1. The maximum Gasteiger partial charge on any atom is 0.408 e. The number of halogens is 3. The average molecular weight is 394 g/mol. The number of hydrogen-bond donors (Lipinski definition) is 2. The van der Waals surface area contributed by atoms with Crippen molar-refractivity contribution in [2.24, 2.45) is 0 Å². The molecule has 3 rings (SSSR count). The van der Waals surface area contributed by atoms with E-state index in [-0.39, 0.29) is 28.6 Å². The number of amides is 1. The number of alkyl halides is 3. The van der Waals surface area contributed by atoms with Crippen molar-refractivity contribution >= 4 is 22.6 Å². The molecule has 2 N–H and O–H groups in total. The third kappa shape index (κ3) is 4.51. The van der Waals surface area contributed by atoms with Gasteiger partial charge in [-0.2, -0.15) is 18.3 Å². The standard InChI is InChI=1S/C18H17F3N4O3/c1-10(2)28-12-4-5-13-14(7-12)25(9-18(19,20)21)24-16(13)23-17(27)11-3-6-15(26)22-8-11/h3-8,10H,9H2,1-2H3,(H,22,26)(H,23,24,27). The van der Waals surface area contributed by atoms with Crippen LogP contribution in [0.25, 0.3) is 10.9 Å². The lowest BCUT2D eigenvalue weighted by molar-refractivity contribution is -0.141. The second kappa shape index (κ2) is 7.37. The molecule has 1 amide bonds. The second-order valence-electron chi connectivity index (χ2n) is 6.36. The topological polar surface area (TPSA) is 89.0 Å². The highest BCUT2D eigenvalue weighted by atomic mass is 19.4. The van der Waals surface area contributed by atoms with Crippen LogP contribution in [0, 0.1) is 0 Å². The first-order valence-corrected chi connectivity index (χ1v) is 8.36. The number of H-pyrrole nitrogens is 1. The Morgan fingerprint density at radius 2 is 2.04 bits per heavy atom. The van der Waals surface area contributed by atoms with Gasteiger partial charge in [-0.25, -0.2) is 0 Å². The number of aromatic nitrogens is 3. The van der Waals surface area contributed by atoms with Crippen LogP contribution < -0.4 is 15.6 Å². The lowest BCUT2D eigenvalue weighted by Gasteiger charge is -2.11. The zero-order valence-corrected chi connectivity index (χ0v) is 15.0. The van der Waals surface area contributed by atoms with E-state index in [4.69, 9.17) is 4.74 Å². The Hall–Kier alpha value is -3.30. The number of anilines is 1. The Labute approximate surface area is 157 Å². The fourth-order valence-electron chi connectivity index (χ4n) is 2.61. The third-order valence-electron chi connectivity index (χ3n) is 3.70. The Kier molecular flexibility index (Phi) is 5.12. The molecule has 10 heteroatoms. The molecule has 0 saturated heterocycles. The maximum atomic E-state index is 12.9. The molecule has 0 saturated carbocycles.